The van der Waals surface area contributed by atoms with E-state index in [-0.39, 0.29) is 5.91 Å². The summed E-state index contributed by atoms with van der Waals surface area (Å²) >= 11 is 3.49. The largest absolute Gasteiger partial charge is 0.339 e. The number of likely N-dealkylation sites (tertiary alicyclic amines) is 1. The van der Waals surface area contributed by atoms with E-state index in [4.69, 9.17) is 0 Å². The Kier molecular flexibility index (Phi) is 5.24. The molecule has 0 radical (unpaired) electrons. The van der Waals surface area contributed by atoms with Crippen LogP contribution in [0.1, 0.15) is 31.2 Å². The lowest BCUT2D eigenvalue weighted by molar-refractivity contribution is -0.134. The molecule has 1 aliphatic heterocycles. The van der Waals surface area contributed by atoms with Crippen molar-refractivity contribution in [3.8, 4) is 0 Å². The average molecular weight is 310 g/mol. The molecule has 1 saturated heterocycles. The number of carbonyl (C=O) groups is 1. The smallest absolute Gasteiger partial charge is 0.227 e. The zero-order chi connectivity index (χ0) is 12.8. The highest BCUT2D eigenvalue weighted by atomic mass is 79.9. The third-order valence-electron chi connectivity index (χ3n) is 3.59. The van der Waals surface area contributed by atoms with Crippen LogP contribution in [-0.2, 0) is 11.2 Å². The van der Waals surface area contributed by atoms with Crippen molar-refractivity contribution in [2.24, 2.45) is 0 Å². The first-order valence-corrected chi connectivity index (χ1v) is 7.83. The summed E-state index contributed by atoms with van der Waals surface area (Å²) in [6.45, 7) is 0.934. The molecule has 1 atom stereocenters. The van der Waals surface area contributed by atoms with Crippen LogP contribution in [0, 0.1) is 0 Å². The second-order valence-electron chi connectivity index (χ2n) is 4.88. The summed E-state index contributed by atoms with van der Waals surface area (Å²) in [5.41, 5.74) is 1.12. The first-order valence-electron chi connectivity index (χ1n) is 6.70. The number of rotatable bonds is 4. The van der Waals surface area contributed by atoms with E-state index in [2.05, 4.69) is 20.8 Å². The Morgan fingerprint density at radius 1 is 1.28 bits per heavy atom. The lowest BCUT2D eigenvalue weighted by Gasteiger charge is -2.35. The van der Waals surface area contributed by atoms with E-state index in [1.165, 1.54) is 6.42 Å². The Balaban J connectivity index is 1.98. The van der Waals surface area contributed by atoms with Crippen LogP contribution in [-0.4, -0.2) is 28.7 Å². The van der Waals surface area contributed by atoms with Gasteiger partial charge in [-0.15, -0.1) is 0 Å². The van der Waals surface area contributed by atoms with Gasteiger partial charge < -0.3 is 4.90 Å². The molecular formula is C15H20BrNO. The SMILES string of the molecule is O=C(Cc1ccccc1)N1CCCCC1CCBr. The van der Waals surface area contributed by atoms with Gasteiger partial charge in [0.15, 0.2) is 0 Å². The van der Waals surface area contributed by atoms with Crippen LogP contribution >= 0.6 is 15.9 Å². The van der Waals surface area contributed by atoms with Crippen LogP contribution < -0.4 is 0 Å². The van der Waals surface area contributed by atoms with Crippen LogP contribution in [0.5, 0.6) is 0 Å². The molecule has 1 fully saturated rings. The molecule has 1 heterocycles. The maximum absolute atomic E-state index is 12.4. The average Bonchev–Trinajstić information content (AvgIpc) is 2.41. The molecule has 2 nitrogen and oxygen atoms in total. The Morgan fingerprint density at radius 3 is 2.78 bits per heavy atom. The van der Waals surface area contributed by atoms with Gasteiger partial charge in [0.1, 0.15) is 0 Å². The molecule has 2 rings (SSSR count). The molecule has 18 heavy (non-hydrogen) atoms. The molecule has 0 N–H and O–H groups in total. The molecule has 1 aromatic rings. The van der Waals surface area contributed by atoms with Gasteiger partial charge in [-0.05, 0) is 31.2 Å². The molecule has 0 aromatic heterocycles. The molecule has 1 unspecified atom stereocenters. The minimum atomic E-state index is 0.284. The summed E-state index contributed by atoms with van der Waals surface area (Å²) in [5, 5.41) is 0.979. The highest BCUT2D eigenvalue weighted by molar-refractivity contribution is 9.09. The maximum atomic E-state index is 12.4. The summed E-state index contributed by atoms with van der Waals surface area (Å²) in [5.74, 6) is 0.284. The molecule has 0 saturated carbocycles. The van der Waals surface area contributed by atoms with E-state index >= 15 is 0 Å². The van der Waals surface area contributed by atoms with Gasteiger partial charge >= 0.3 is 0 Å². The van der Waals surface area contributed by atoms with Crippen molar-refractivity contribution in [2.45, 2.75) is 38.1 Å². The topological polar surface area (TPSA) is 20.3 Å². The second-order valence-corrected chi connectivity index (χ2v) is 5.67. The van der Waals surface area contributed by atoms with Crippen molar-refractivity contribution in [1.29, 1.82) is 0 Å². The lowest BCUT2D eigenvalue weighted by Crippen LogP contribution is -2.44. The fourth-order valence-corrected chi connectivity index (χ4v) is 3.16. The molecule has 1 amide bonds. The van der Waals surface area contributed by atoms with Gasteiger partial charge in [0.25, 0.3) is 0 Å². The minimum absolute atomic E-state index is 0.284. The van der Waals surface area contributed by atoms with Crippen LogP contribution in [0.15, 0.2) is 30.3 Å². The molecule has 1 aromatic carbocycles. The molecule has 0 bridgehead atoms. The molecule has 0 aliphatic carbocycles. The fraction of sp³-hybridized carbons (Fsp3) is 0.533. The Hall–Kier alpha value is -0.830. The van der Waals surface area contributed by atoms with Crippen LogP contribution in [0.25, 0.3) is 0 Å². The van der Waals surface area contributed by atoms with Crippen molar-refractivity contribution >= 4 is 21.8 Å². The predicted molar refractivity (Wildman–Crippen MR) is 77.9 cm³/mol. The van der Waals surface area contributed by atoms with Crippen LogP contribution in [0.2, 0.25) is 0 Å². The minimum Gasteiger partial charge on any atom is -0.339 e. The summed E-state index contributed by atoms with van der Waals surface area (Å²) in [4.78, 5) is 14.5. The third-order valence-corrected chi connectivity index (χ3v) is 4.05. The maximum Gasteiger partial charge on any atom is 0.227 e. The summed E-state index contributed by atoms with van der Waals surface area (Å²) in [6.07, 6.45) is 5.18. The van der Waals surface area contributed by atoms with Crippen LogP contribution in [0.4, 0.5) is 0 Å². The normalized spacial score (nSPS) is 19.8. The van der Waals surface area contributed by atoms with Crippen molar-refractivity contribution in [2.75, 3.05) is 11.9 Å². The van der Waals surface area contributed by atoms with Crippen molar-refractivity contribution in [1.82, 2.24) is 4.90 Å². The highest BCUT2D eigenvalue weighted by Gasteiger charge is 2.25. The van der Waals surface area contributed by atoms with E-state index in [9.17, 15) is 4.79 Å². The number of benzene rings is 1. The van der Waals surface area contributed by atoms with Gasteiger partial charge in [-0.1, -0.05) is 46.3 Å². The zero-order valence-corrected chi connectivity index (χ0v) is 12.2. The molecule has 1 aliphatic rings. The quantitative estimate of drug-likeness (QED) is 0.781. The molecular weight excluding hydrogens is 290 g/mol. The van der Waals surface area contributed by atoms with Gasteiger partial charge in [-0.25, -0.2) is 0 Å². The molecule has 3 heteroatoms. The summed E-state index contributed by atoms with van der Waals surface area (Å²) in [7, 11) is 0. The zero-order valence-electron chi connectivity index (χ0n) is 10.6. The Labute approximate surface area is 117 Å². The van der Waals surface area contributed by atoms with E-state index in [0.717, 1.165) is 36.7 Å². The van der Waals surface area contributed by atoms with E-state index in [0.29, 0.717) is 12.5 Å². The van der Waals surface area contributed by atoms with E-state index in [1.54, 1.807) is 0 Å². The Morgan fingerprint density at radius 2 is 2.06 bits per heavy atom. The number of carbonyl (C=O) groups excluding carboxylic acids is 1. The summed E-state index contributed by atoms with van der Waals surface area (Å²) < 4.78 is 0. The highest BCUT2D eigenvalue weighted by Crippen LogP contribution is 2.21. The fourth-order valence-electron chi connectivity index (χ4n) is 2.63. The number of alkyl halides is 1. The predicted octanol–water partition coefficient (Wildman–Crippen LogP) is 3.40. The van der Waals surface area contributed by atoms with Crippen LogP contribution in [0.3, 0.4) is 0 Å². The van der Waals surface area contributed by atoms with Crippen molar-refractivity contribution in [3.63, 3.8) is 0 Å². The lowest BCUT2D eigenvalue weighted by atomic mass is 9.99. The number of piperidine rings is 1. The molecule has 98 valence electrons. The van der Waals surface area contributed by atoms with Gasteiger partial charge in [-0.3, -0.25) is 4.79 Å². The van der Waals surface area contributed by atoms with E-state index < -0.39 is 0 Å². The number of amides is 1. The number of hydrogen-bond acceptors (Lipinski definition) is 1. The Bertz CT molecular complexity index is 377. The standard InChI is InChI=1S/C15H20BrNO/c16-10-9-14-8-4-5-11-17(14)15(18)12-13-6-2-1-3-7-13/h1-3,6-7,14H,4-5,8-12H2. The number of hydrogen-bond donors (Lipinski definition) is 0. The van der Waals surface area contributed by atoms with Crippen molar-refractivity contribution < 1.29 is 4.79 Å². The van der Waals surface area contributed by atoms with Gasteiger partial charge in [0.2, 0.25) is 5.91 Å². The first kappa shape index (κ1) is 13.6. The third kappa shape index (κ3) is 3.58. The van der Waals surface area contributed by atoms with Gasteiger partial charge in [0.05, 0.1) is 6.42 Å². The van der Waals surface area contributed by atoms with E-state index in [1.807, 2.05) is 30.3 Å². The summed E-state index contributed by atoms with van der Waals surface area (Å²) in [6, 6.07) is 10.5. The number of halogens is 1. The first-order chi connectivity index (χ1) is 8.81. The molecule has 0 spiro atoms. The number of nitrogens with zero attached hydrogens (tertiary/aromatic N) is 1. The second kappa shape index (κ2) is 6.93. The van der Waals surface area contributed by atoms with Gasteiger partial charge in [-0.2, -0.15) is 0 Å². The van der Waals surface area contributed by atoms with Gasteiger partial charge in [0, 0.05) is 17.9 Å². The van der Waals surface area contributed by atoms with Crippen molar-refractivity contribution in [3.05, 3.63) is 35.9 Å². The monoisotopic (exact) mass is 309 g/mol.